The van der Waals surface area contributed by atoms with Crippen molar-refractivity contribution in [1.82, 2.24) is 10.2 Å². The van der Waals surface area contributed by atoms with Crippen LogP contribution in [-0.4, -0.2) is 30.0 Å². The van der Waals surface area contributed by atoms with Gasteiger partial charge in [0, 0.05) is 0 Å². The molecule has 0 aliphatic carbocycles. The van der Waals surface area contributed by atoms with Gasteiger partial charge in [-0.25, -0.2) is 4.79 Å². The number of hydrogen-bond donors (Lipinski definition) is 1. The quantitative estimate of drug-likeness (QED) is 0.556. The van der Waals surface area contributed by atoms with Crippen LogP contribution >= 0.6 is 23.2 Å². The van der Waals surface area contributed by atoms with Crippen LogP contribution in [0.25, 0.3) is 0 Å². The Hall–Kier alpha value is -3.02. The van der Waals surface area contributed by atoms with Gasteiger partial charge >= 0.3 is 6.03 Å². The minimum Gasteiger partial charge on any atom is -0.489 e. The van der Waals surface area contributed by atoms with Crippen LogP contribution in [-0.2, 0) is 10.3 Å². The predicted octanol–water partition coefficient (Wildman–Crippen LogP) is 4.87. The van der Waals surface area contributed by atoms with Gasteiger partial charge in [-0.05, 0) is 23.3 Å². The number of nitrogens with zero attached hydrogens (tertiary/aromatic N) is 1. The molecule has 1 fully saturated rings. The number of para-hydroxylation sites is 1. The van der Waals surface area contributed by atoms with Gasteiger partial charge in [0.25, 0.3) is 5.91 Å². The summed E-state index contributed by atoms with van der Waals surface area (Å²) < 4.78 is 5.67. The van der Waals surface area contributed by atoms with Gasteiger partial charge < -0.3 is 10.1 Å². The molecule has 3 aromatic rings. The maximum atomic E-state index is 13.5. The fourth-order valence-electron chi connectivity index (χ4n) is 3.57. The van der Waals surface area contributed by atoms with Crippen LogP contribution in [0, 0.1) is 0 Å². The van der Waals surface area contributed by atoms with E-state index in [4.69, 9.17) is 27.9 Å². The summed E-state index contributed by atoms with van der Waals surface area (Å²) in [5, 5.41) is 3.63. The second-order valence-corrected chi connectivity index (χ2v) is 7.58. The zero-order valence-corrected chi connectivity index (χ0v) is 17.4. The van der Waals surface area contributed by atoms with E-state index in [2.05, 4.69) is 5.32 Å². The van der Waals surface area contributed by atoms with Crippen molar-refractivity contribution in [2.24, 2.45) is 0 Å². The summed E-state index contributed by atoms with van der Waals surface area (Å²) in [6.45, 7) is 0.107. The molecular formula is C23H18Cl2N2O3. The molecule has 5 nitrogen and oxygen atoms in total. The summed E-state index contributed by atoms with van der Waals surface area (Å²) in [5.74, 6) is -0.0379. The average molecular weight is 441 g/mol. The summed E-state index contributed by atoms with van der Waals surface area (Å²) in [7, 11) is 0. The number of hydrogen-bond acceptors (Lipinski definition) is 3. The molecule has 0 unspecified atom stereocenters. The second-order valence-electron chi connectivity index (χ2n) is 6.77. The standard InChI is InChI=1S/C23H18Cl2N2O3/c24-18-12-7-13-19(25)20(18)30-15-14-27-21(28)23(26-22(27)29,16-8-3-1-4-9-16)17-10-5-2-6-11-17/h1-13H,14-15H2,(H,26,29). The van der Waals surface area contributed by atoms with Crippen molar-refractivity contribution in [2.45, 2.75) is 5.54 Å². The van der Waals surface area contributed by atoms with Crippen molar-refractivity contribution >= 4 is 35.1 Å². The Morgan fingerprint density at radius 2 is 1.33 bits per heavy atom. The maximum Gasteiger partial charge on any atom is 0.325 e. The first-order valence-corrected chi connectivity index (χ1v) is 10.1. The first kappa shape index (κ1) is 20.3. The number of benzene rings is 3. The number of carbonyl (C=O) groups is 2. The number of amides is 3. The maximum absolute atomic E-state index is 13.5. The molecule has 4 rings (SSSR count). The molecule has 0 bridgehead atoms. The normalized spacial score (nSPS) is 15.2. The third-order valence-corrected chi connectivity index (χ3v) is 5.59. The van der Waals surface area contributed by atoms with Crippen LogP contribution in [0.15, 0.2) is 78.9 Å². The Labute approximate surface area is 184 Å². The van der Waals surface area contributed by atoms with Gasteiger partial charge in [-0.15, -0.1) is 0 Å². The summed E-state index contributed by atoms with van der Waals surface area (Å²) in [6, 6.07) is 22.9. The number of ether oxygens (including phenoxy) is 1. The second kappa shape index (κ2) is 8.38. The lowest BCUT2D eigenvalue weighted by molar-refractivity contribution is -0.130. The van der Waals surface area contributed by atoms with Crippen LogP contribution in [0.5, 0.6) is 5.75 Å². The lowest BCUT2D eigenvalue weighted by Crippen LogP contribution is -2.45. The van der Waals surface area contributed by atoms with Crippen molar-refractivity contribution in [2.75, 3.05) is 13.2 Å². The zero-order chi connectivity index (χ0) is 21.1. The van der Waals surface area contributed by atoms with Gasteiger partial charge in [-0.2, -0.15) is 0 Å². The van der Waals surface area contributed by atoms with E-state index in [9.17, 15) is 9.59 Å². The van der Waals surface area contributed by atoms with E-state index >= 15 is 0 Å². The van der Waals surface area contributed by atoms with Crippen LogP contribution in [0.1, 0.15) is 11.1 Å². The fourth-order valence-corrected chi connectivity index (χ4v) is 4.08. The summed E-state index contributed by atoms with van der Waals surface area (Å²) in [5.41, 5.74) is 0.0843. The molecule has 0 saturated carbocycles. The molecule has 0 atom stereocenters. The molecule has 3 aromatic carbocycles. The van der Waals surface area contributed by atoms with Crippen LogP contribution in [0.2, 0.25) is 10.0 Å². The minimum absolute atomic E-state index is 0.0492. The van der Waals surface area contributed by atoms with Crippen LogP contribution in [0.3, 0.4) is 0 Å². The van der Waals surface area contributed by atoms with Gasteiger partial charge in [0.05, 0.1) is 16.6 Å². The van der Waals surface area contributed by atoms with Crippen molar-refractivity contribution in [1.29, 1.82) is 0 Å². The van der Waals surface area contributed by atoms with Gasteiger partial charge in [0.1, 0.15) is 6.61 Å². The van der Waals surface area contributed by atoms with Crippen LogP contribution < -0.4 is 10.1 Å². The first-order chi connectivity index (χ1) is 14.5. The number of urea groups is 1. The number of nitrogens with one attached hydrogen (secondary N) is 1. The molecule has 30 heavy (non-hydrogen) atoms. The lowest BCUT2D eigenvalue weighted by Gasteiger charge is -2.28. The highest BCUT2D eigenvalue weighted by molar-refractivity contribution is 6.37. The van der Waals surface area contributed by atoms with Gasteiger partial charge in [0.15, 0.2) is 11.3 Å². The molecule has 1 aliphatic heterocycles. The highest BCUT2D eigenvalue weighted by atomic mass is 35.5. The molecule has 1 saturated heterocycles. The van der Waals surface area contributed by atoms with Crippen molar-refractivity contribution in [3.8, 4) is 5.75 Å². The highest BCUT2D eigenvalue weighted by Crippen LogP contribution is 2.36. The van der Waals surface area contributed by atoms with E-state index in [0.717, 1.165) is 4.90 Å². The summed E-state index contributed by atoms with van der Waals surface area (Å²) >= 11 is 12.2. The van der Waals surface area contributed by atoms with E-state index in [1.165, 1.54) is 0 Å². The molecule has 0 radical (unpaired) electrons. The Morgan fingerprint density at radius 3 is 1.87 bits per heavy atom. The Balaban J connectivity index is 1.61. The molecule has 0 aromatic heterocycles. The van der Waals surface area contributed by atoms with E-state index in [1.807, 2.05) is 60.7 Å². The molecule has 152 valence electrons. The molecule has 1 aliphatic rings. The third kappa shape index (κ3) is 3.51. The summed E-state index contributed by atoms with van der Waals surface area (Å²) in [4.78, 5) is 27.5. The smallest absolute Gasteiger partial charge is 0.325 e. The number of halogens is 2. The number of rotatable bonds is 6. The Bertz CT molecular complexity index is 1010. The van der Waals surface area contributed by atoms with Crippen LogP contribution in [0.4, 0.5) is 4.79 Å². The number of imide groups is 1. The predicted molar refractivity (Wildman–Crippen MR) is 116 cm³/mol. The van der Waals surface area contributed by atoms with Gasteiger partial charge in [-0.1, -0.05) is 89.9 Å². The molecule has 7 heteroatoms. The largest absolute Gasteiger partial charge is 0.489 e. The molecule has 1 heterocycles. The summed E-state index contributed by atoms with van der Waals surface area (Å²) in [6.07, 6.45) is 0. The minimum atomic E-state index is -1.29. The van der Waals surface area contributed by atoms with Gasteiger partial charge in [-0.3, -0.25) is 9.69 Å². The lowest BCUT2D eigenvalue weighted by atomic mass is 9.82. The molecule has 1 N–H and O–H groups in total. The van der Waals surface area contributed by atoms with E-state index < -0.39 is 11.6 Å². The highest BCUT2D eigenvalue weighted by Gasteiger charge is 2.53. The molecule has 0 spiro atoms. The Kier molecular flexibility index (Phi) is 5.66. The molecule has 3 amide bonds. The SMILES string of the molecule is O=C1NC(c2ccccc2)(c2ccccc2)C(=O)N1CCOc1c(Cl)cccc1Cl. The molecular weight excluding hydrogens is 423 g/mol. The number of carbonyl (C=O) groups excluding carboxylic acids is 2. The first-order valence-electron chi connectivity index (χ1n) is 9.36. The fraction of sp³-hybridized carbons (Fsp3) is 0.130. The zero-order valence-electron chi connectivity index (χ0n) is 15.8. The average Bonchev–Trinajstić information content (AvgIpc) is 3.02. The van der Waals surface area contributed by atoms with E-state index in [0.29, 0.717) is 26.9 Å². The van der Waals surface area contributed by atoms with Crippen molar-refractivity contribution < 1.29 is 14.3 Å². The topological polar surface area (TPSA) is 58.6 Å². The van der Waals surface area contributed by atoms with Gasteiger partial charge in [0.2, 0.25) is 0 Å². The van der Waals surface area contributed by atoms with Crippen molar-refractivity contribution in [3.63, 3.8) is 0 Å². The monoisotopic (exact) mass is 440 g/mol. The Morgan fingerprint density at radius 1 is 0.800 bits per heavy atom. The van der Waals surface area contributed by atoms with E-state index in [-0.39, 0.29) is 19.1 Å². The van der Waals surface area contributed by atoms with Crippen molar-refractivity contribution in [3.05, 3.63) is 100 Å². The third-order valence-electron chi connectivity index (χ3n) is 5.00. The van der Waals surface area contributed by atoms with E-state index in [1.54, 1.807) is 18.2 Å².